The van der Waals surface area contributed by atoms with Crippen molar-refractivity contribution in [2.75, 3.05) is 6.61 Å². The lowest BCUT2D eigenvalue weighted by molar-refractivity contribution is 0.0724. The van der Waals surface area contributed by atoms with Crippen LogP contribution < -0.4 is 0 Å². The van der Waals surface area contributed by atoms with Crippen molar-refractivity contribution in [3.05, 3.63) is 0 Å². The summed E-state index contributed by atoms with van der Waals surface area (Å²) in [6.45, 7) is 7.06. The molecule has 0 saturated heterocycles. The molecule has 13 heavy (non-hydrogen) atoms. The molecule has 0 atom stereocenters. The highest BCUT2D eigenvalue weighted by Gasteiger charge is 2.32. The molecule has 1 saturated carbocycles. The van der Waals surface area contributed by atoms with Gasteiger partial charge in [0.25, 0.3) is 0 Å². The fraction of sp³-hybridized carbons (Fsp3) is 1.00. The topological polar surface area (TPSA) is 20.2 Å². The maximum absolute atomic E-state index is 9.24. The first-order chi connectivity index (χ1) is 5.97. The Hall–Kier alpha value is -0.0400. The van der Waals surface area contributed by atoms with Crippen LogP contribution in [0.2, 0.25) is 0 Å². The monoisotopic (exact) mass is 184 g/mol. The zero-order chi connectivity index (χ0) is 9.95. The van der Waals surface area contributed by atoms with E-state index in [2.05, 4.69) is 20.8 Å². The molecule has 1 nitrogen and oxygen atoms in total. The summed E-state index contributed by atoms with van der Waals surface area (Å²) in [5, 5.41) is 9.24. The van der Waals surface area contributed by atoms with Crippen molar-refractivity contribution in [2.45, 2.75) is 59.3 Å². The second-order valence-electron chi connectivity index (χ2n) is 5.87. The quantitative estimate of drug-likeness (QED) is 0.713. The van der Waals surface area contributed by atoms with Gasteiger partial charge in [0.1, 0.15) is 0 Å². The summed E-state index contributed by atoms with van der Waals surface area (Å²) in [4.78, 5) is 0. The molecule has 1 fully saturated rings. The second kappa shape index (κ2) is 4.00. The lowest BCUT2D eigenvalue weighted by Crippen LogP contribution is -2.30. The Labute approximate surface area is 82.5 Å². The van der Waals surface area contributed by atoms with Crippen molar-refractivity contribution in [2.24, 2.45) is 10.8 Å². The average Bonchev–Trinajstić information content (AvgIpc) is 2.04. The smallest absolute Gasteiger partial charge is 0.0482 e. The third-order valence-corrected chi connectivity index (χ3v) is 3.39. The van der Waals surface area contributed by atoms with Crippen molar-refractivity contribution in [3.63, 3.8) is 0 Å². The van der Waals surface area contributed by atoms with Gasteiger partial charge >= 0.3 is 0 Å². The van der Waals surface area contributed by atoms with Gasteiger partial charge in [-0.25, -0.2) is 0 Å². The Morgan fingerprint density at radius 1 is 1.15 bits per heavy atom. The van der Waals surface area contributed by atoms with Crippen LogP contribution in [0.3, 0.4) is 0 Å². The number of rotatable bonds is 3. The van der Waals surface area contributed by atoms with Crippen LogP contribution in [0.1, 0.15) is 59.3 Å². The zero-order valence-electron chi connectivity index (χ0n) is 9.40. The van der Waals surface area contributed by atoms with Crippen LogP contribution in [0.15, 0.2) is 0 Å². The maximum Gasteiger partial charge on any atom is 0.0482 e. The largest absolute Gasteiger partial charge is 0.396 e. The van der Waals surface area contributed by atoms with Gasteiger partial charge in [-0.3, -0.25) is 0 Å². The fourth-order valence-corrected chi connectivity index (χ4v) is 2.79. The Bertz CT molecular complexity index is 155. The summed E-state index contributed by atoms with van der Waals surface area (Å²) < 4.78 is 0. The number of aliphatic hydroxyl groups is 1. The molecule has 0 unspecified atom stereocenters. The molecule has 0 bridgehead atoms. The molecule has 0 spiro atoms. The van der Waals surface area contributed by atoms with E-state index in [0.29, 0.717) is 12.0 Å². The van der Waals surface area contributed by atoms with Gasteiger partial charge in [-0.15, -0.1) is 0 Å². The molecule has 0 aromatic carbocycles. The summed E-state index contributed by atoms with van der Waals surface area (Å²) in [6, 6.07) is 0. The van der Waals surface area contributed by atoms with Crippen LogP contribution in [0, 0.1) is 10.8 Å². The molecule has 1 aliphatic rings. The molecular formula is C12H24O. The van der Waals surface area contributed by atoms with E-state index in [0.717, 1.165) is 0 Å². The van der Waals surface area contributed by atoms with Crippen LogP contribution in [-0.4, -0.2) is 11.7 Å². The molecular weight excluding hydrogens is 160 g/mol. The molecule has 1 N–H and O–H groups in total. The fourth-order valence-electron chi connectivity index (χ4n) is 2.79. The molecule has 0 aromatic rings. The Kier molecular flexibility index (Phi) is 3.39. The normalized spacial score (nSPS) is 23.1. The lowest BCUT2D eigenvalue weighted by atomic mass is 9.67. The highest BCUT2D eigenvalue weighted by molar-refractivity contribution is 4.84. The van der Waals surface area contributed by atoms with Gasteiger partial charge in [-0.05, 0) is 30.1 Å². The van der Waals surface area contributed by atoms with Gasteiger partial charge in [-0.1, -0.05) is 40.0 Å². The van der Waals surface area contributed by atoms with Crippen molar-refractivity contribution < 1.29 is 5.11 Å². The van der Waals surface area contributed by atoms with E-state index < -0.39 is 0 Å². The van der Waals surface area contributed by atoms with Gasteiger partial charge in [0.15, 0.2) is 0 Å². The molecule has 0 radical (unpaired) electrons. The van der Waals surface area contributed by atoms with Crippen molar-refractivity contribution >= 4 is 0 Å². The summed E-state index contributed by atoms with van der Waals surface area (Å²) in [5.41, 5.74) is 0.622. The number of hydrogen-bond acceptors (Lipinski definition) is 1. The first-order valence-corrected chi connectivity index (χ1v) is 5.58. The summed E-state index contributed by atoms with van der Waals surface area (Å²) in [5.74, 6) is 0. The molecule has 1 rings (SSSR count). The minimum atomic E-state index is 0.117. The standard InChI is InChI=1S/C12H24O/c1-11(2,10-13)9-12(3)7-5-4-6-8-12/h13H,4-10H2,1-3H3. The molecule has 0 aromatic heterocycles. The predicted molar refractivity (Wildman–Crippen MR) is 56.7 cm³/mol. The Morgan fingerprint density at radius 3 is 2.15 bits per heavy atom. The van der Waals surface area contributed by atoms with E-state index in [4.69, 9.17) is 0 Å². The third kappa shape index (κ3) is 3.30. The summed E-state index contributed by atoms with van der Waals surface area (Å²) >= 11 is 0. The van der Waals surface area contributed by atoms with Crippen LogP contribution in [-0.2, 0) is 0 Å². The molecule has 78 valence electrons. The Balaban J connectivity index is 2.49. The average molecular weight is 184 g/mol. The summed E-state index contributed by atoms with van der Waals surface area (Å²) in [6.07, 6.45) is 8.08. The first kappa shape index (κ1) is 11.0. The third-order valence-electron chi connectivity index (χ3n) is 3.39. The Morgan fingerprint density at radius 2 is 1.69 bits per heavy atom. The molecule has 0 aliphatic heterocycles. The molecule has 0 amide bonds. The van der Waals surface area contributed by atoms with Gasteiger partial charge in [0.05, 0.1) is 0 Å². The highest BCUT2D eigenvalue weighted by Crippen LogP contribution is 2.44. The maximum atomic E-state index is 9.24. The van der Waals surface area contributed by atoms with Gasteiger partial charge in [0, 0.05) is 6.61 Å². The minimum Gasteiger partial charge on any atom is -0.396 e. The van der Waals surface area contributed by atoms with E-state index in [1.54, 1.807) is 0 Å². The van der Waals surface area contributed by atoms with Crippen LogP contribution >= 0.6 is 0 Å². The second-order valence-corrected chi connectivity index (χ2v) is 5.87. The molecule has 1 heteroatoms. The van der Waals surface area contributed by atoms with Gasteiger partial charge in [0.2, 0.25) is 0 Å². The van der Waals surface area contributed by atoms with E-state index in [9.17, 15) is 5.11 Å². The first-order valence-electron chi connectivity index (χ1n) is 5.58. The van der Waals surface area contributed by atoms with Crippen LogP contribution in [0.4, 0.5) is 0 Å². The van der Waals surface area contributed by atoms with Gasteiger partial charge < -0.3 is 5.11 Å². The zero-order valence-corrected chi connectivity index (χ0v) is 9.40. The number of aliphatic hydroxyl groups excluding tert-OH is 1. The van der Waals surface area contributed by atoms with Crippen molar-refractivity contribution in [1.82, 2.24) is 0 Å². The SMILES string of the molecule is CC(C)(CO)CC1(C)CCCCC1. The van der Waals surface area contributed by atoms with E-state index in [1.165, 1.54) is 38.5 Å². The van der Waals surface area contributed by atoms with Crippen molar-refractivity contribution in [1.29, 1.82) is 0 Å². The van der Waals surface area contributed by atoms with Crippen molar-refractivity contribution in [3.8, 4) is 0 Å². The van der Waals surface area contributed by atoms with Crippen LogP contribution in [0.5, 0.6) is 0 Å². The lowest BCUT2D eigenvalue weighted by Gasteiger charge is -2.39. The van der Waals surface area contributed by atoms with E-state index >= 15 is 0 Å². The summed E-state index contributed by atoms with van der Waals surface area (Å²) in [7, 11) is 0. The molecule has 1 aliphatic carbocycles. The van der Waals surface area contributed by atoms with Crippen LogP contribution in [0.25, 0.3) is 0 Å². The highest BCUT2D eigenvalue weighted by atomic mass is 16.3. The number of hydrogen-bond donors (Lipinski definition) is 1. The van der Waals surface area contributed by atoms with E-state index in [-0.39, 0.29) is 5.41 Å². The minimum absolute atomic E-state index is 0.117. The van der Waals surface area contributed by atoms with Gasteiger partial charge in [-0.2, -0.15) is 0 Å². The van der Waals surface area contributed by atoms with E-state index in [1.807, 2.05) is 0 Å². The predicted octanol–water partition coefficient (Wildman–Crippen LogP) is 3.37. The molecule has 0 heterocycles.